The number of carboxylic acids is 1. The van der Waals surface area contributed by atoms with Gasteiger partial charge in [-0.05, 0) is 30.3 Å². The molecule has 1 unspecified atom stereocenters. The van der Waals surface area contributed by atoms with E-state index in [0.29, 0.717) is 10.5 Å². The molecule has 0 bridgehead atoms. The molecule has 0 saturated carbocycles. The maximum absolute atomic E-state index is 13.1. The van der Waals surface area contributed by atoms with Gasteiger partial charge in [0, 0.05) is 15.4 Å². The summed E-state index contributed by atoms with van der Waals surface area (Å²) in [7, 11) is 0. The molecule has 7 heteroatoms. The molecule has 1 atom stereocenters. The van der Waals surface area contributed by atoms with Crippen LogP contribution < -0.4 is 4.74 Å². The normalized spacial score (nSPS) is 16.8. The van der Waals surface area contributed by atoms with Crippen molar-refractivity contribution in [3.05, 3.63) is 59.7 Å². The van der Waals surface area contributed by atoms with E-state index in [0.717, 1.165) is 11.0 Å². The van der Waals surface area contributed by atoms with Crippen molar-refractivity contribution in [1.82, 2.24) is 0 Å². The molecule has 0 saturated heterocycles. The van der Waals surface area contributed by atoms with Gasteiger partial charge in [0.1, 0.15) is 5.75 Å². The molecule has 0 aromatic heterocycles. The summed E-state index contributed by atoms with van der Waals surface area (Å²) in [6.07, 6.45) is -6.26. The number of rotatable bonds is 3. The van der Waals surface area contributed by atoms with Crippen LogP contribution in [0.5, 0.6) is 5.75 Å². The number of aliphatic carboxylic acids is 1. The molecule has 1 N–H and O–H groups in total. The van der Waals surface area contributed by atoms with Crippen LogP contribution in [0.1, 0.15) is 5.56 Å². The molecule has 1 heterocycles. The second-order valence-electron chi connectivity index (χ2n) is 5.06. The maximum atomic E-state index is 13.1. The van der Waals surface area contributed by atoms with Gasteiger partial charge < -0.3 is 9.84 Å². The lowest BCUT2D eigenvalue weighted by Crippen LogP contribution is -2.40. The smallest absolute Gasteiger partial charge is 0.430 e. The summed E-state index contributed by atoms with van der Waals surface area (Å²) in [6.45, 7) is 0. The first kappa shape index (κ1) is 16.4. The van der Waals surface area contributed by atoms with Gasteiger partial charge in [0.25, 0.3) is 0 Å². The number of carboxylic acid groups (broad SMARTS) is 1. The zero-order valence-corrected chi connectivity index (χ0v) is 12.9. The second kappa shape index (κ2) is 6.24. The van der Waals surface area contributed by atoms with Crippen molar-refractivity contribution < 1.29 is 27.8 Å². The summed E-state index contributed by atoms with van der Waals surface area (Å²) in [5.41, 5.74) is -0.510. The summed E-state index contributed by atoms with van der Waals surface area (Å²) >= 11 is 1.38. The molecule has 24 heavy (non-hydrogen) atoms. The van der Waals surface area contributed by atoms with Gasteiger partial charge in [-0.2, -0.15) is 13.2 Å². The molecule has 2 aromatic rings. The lowest BCUT2D eigenvalue weighted by molar-refractivity contribution is -0.187. The van der Waals surface area contributed by atoms with Gasteiger partial charge in [-0.1, -0.05) is 36.0 Å². The molecule has 124 valence electrons. The lowest BCUT2D eigenvalue weighted by Gasteiger charge is -2.27. The van der Waals surface area contributed by atoms with Crippen LogP contribution in [0.2, 0.25) is 0 Å². The summed E-state index contributed by atoms with van der Waals surface area (Å²) in [5, 5.41) is 8.99. The van der Waals surface area contributed by atoms with E-state index in [1.54, 1.807) is 12.1 Å². The number of carbonyl (C=O) groups is 1. The Kier molecular flexibility index (Phi) is 4.28. The van der Waals surface area contributed by atoms with Crippen LogP contribution in [0.15, 0.2) is 63.9 Å². The number of hydrogen-bond acceptors (Lipinski definition) is 3. The van der Waals surface area contributed by atoms with Crippen LogP contribution in [0.3, 0.4) is 0 Å². The van der Waals surface area contributed by atoms with E-state index in [1.807, 2.05) is 30.3 Å². The van der Waals surface area contributed by atoms with Crippen molar-refractivity contribution in [2.45, 2.75) is 22.1 Å². The third-order valence-corrected chi connectivity index (χ3v) is 4.34. The Morgan fingerprint density at radius 3 is 2.42 bits per heavy atom. The second-order valence-corrected chi connectivity index (χ2v) is 6.21. The minimum atomic E-state index is -4.80. The third-order valence-electron chi connectivity index (χ3n) is 3.35. The Balaban J connectivity index is 1.95. The SMILES string of the molecule is O=C(O)C1=Cc2ccc(Sc3ccccc3)cc2OC1C(F)(F)F. The number of halogens is 3. The van der Waals surface area contributed by atoms with E-state index in [9.17, 15) is 18.0 Å². The molecular formula is C17H11F3O3S. The number of alkyl halides is 3. The van der Waals surface area contributed by atoms with E-state index >= 15 is 0 Å². The summed E-state index contributed by atoms with van der Waals surface area (Å²) < 4.78 is 44.1. The monoisotopic (exact) mass is 352 g/mol. The Hall–Kier alpha value is -2.41. The van der Waals surface area contributed by atoms with E-state index in [-0.39, 0.29) is 5.75 Å². The van der Waals surface area contributed by atoms with E-state index < -0.39 is 23.8 Å². The Labute approximate surface area is 139 Å². The number of ether oxygens (including phenoxy) is 1. The fourth-order valence-electron chi connectivity index (χ4n) is 2.27. The van der Waals surface area contributed by atoms with E-state index in [2.05, 4.69) is 0 Å². The van der Waals surface area contributed by atoms with E-state index in [1.165, 1.54) is 17.8 Å². The highest BCUT2D eigenvalue weighted by molar-refractivity contribution is 7.99. The van der Waals surface area contributed by atoms with Crippen LogP contribution in [-0.2, 0) is 4.79 Å². The van der Waals surface area contributed by atoms with Gasteiger partial charge >= 0.3 is 12.1 Å². The molecule has 0 amide bonds. The van der Waals surface area contributed by atoms with Crippen LogP contribution in [0.25, 0.3) is 6.08 Å². The molecule has 0 spiro atoms. The van der Waals surface area contributed by atoms with Gasteiger partial charge in [-0.25, -0.2) is 4.79 Å². The molecule has 1 aliphatic rings. The highest BCUT2D eigenvalue weighted by atomic mass is 32.2. The van der Waals surface area contributed by atoms with Gasteiger partial charge in [0.05, 0.1) is 5.57 Å². The molecule has 0 aliphatic carbocycles. The highest BCUT2D eigenvalue weighted by Crippen LogP contribution is 2.40. The fourth-order valence-corrected chi connectivity index (χ4v) is 3.14. The number of hydrogen-bond donors (Lipinski definition) is 1. The zero-order valence-electron chi connectivity index (χ0n) is 12.1. The molecule has 0 fully saturated rings. The predicted octanol–water partition coefficient (Wildman–Crippen LogP) is 4.63. The molecule has 0 radical (unpaired) electrons. The van der Waals surface area contributed by atoms with Crippen molar-refractivity contribution in [1.29, 1.82) is 0 Å². The van der Waals surface area contributed by atoms with Crippen molar-refractivity contribution in [3.63, 3.8) is 0 Å². The van der Waals surface area contributed by atoms with Crippen LogP contribution in [0, 0.1) is 0 Å². The average molecular weight is 352 g/mol. The largest absolute Gasteiger partial charge is 0.478 e. The van der Waals surface area contributed by atoms with Gasteiger partial charge in [0.2, 0.25) is 6.10 Å². The molecule has 3 nitrogen and oxygen atoms in total. The minimum Gasteiger partial charge on any atom is -0.478 e. The van der Waals surface area contributed by atoms with Gasteiger partial charge in [-0.3, -0.25) is 0 Å². The van der Waals surface area contributed by atoms with Gasteiger partial charge in [0.15, 0.2) is 0 Å². The topological polar surface area (TPSA) is 46.5 Å². The van der Waals surface area contributed by atoms with Crippen molar-refractivity contribution in [2.75, 3.05) is 0 Å². The number of benzene rings is 2. The summed E-state index contributed by atoms with van der Waals surface area (Å²) in [4.78, 5) is 12.7. The van der Waals surface area contributed by atoms with E-state index in [4.69, 9.17) is 9.84 Å². The zero-order chi connectivity index (χ0) is 17.3. The standard InChI is InChI=1S/C17H11F3O3S/c18-17(19,20)15-13(16(21)22)8-10-6-7-12(9-14(10)23-15)24-11-4-2-1-3-5-11/h1-9,15H,(H,21,22). The van der Waals surface area contributed by atoms with Crippen LogP contribution in [-0.4, -0.2) is 23.4 Å². The molecular weight excluding hydrogens is 341 g/mol. The average Bonchev–Trinajstić information content (AvgIpc) is 2.53. The first-order chi connectivity index (χ1) is 11.3. The summed E-state index contributed by atoms with van der Waals surface area (Å²) in [6, 6.07) is 14.1. The number of fused-ring (bicyclic) bond motifs is 1. The Morgan fingerprint density at radius 1 is 1.08 bits per heavy atom. The molecule has 1 aliphatic heterocycles. The van der Waals surface area contributed by atoms with Crippen molar-refractivity contribution in [3.8, 4) is 5.75 Å². The Morgan fingerprint density at radius 2 is 1.79 bits per heavy atom. The van der Waals surface area contributed by atoms with Crippen molar-refractivity contribution in [2.24, 2.45) is 0 Å². The first-order valence-corrected chi connectivity index (χ1v) is 7.71. The molecule has 3 rings (SSSR count). The predicted molar refractivity (Wildman–Crippen MR) is 83.1 cm³/mol. The van der Waals surface area contributed by atoms with Crippen LogP contribution >= 0.6 is 11.8 Å². The minimum absolute atomic E-state index is 0.0169. The lowest BCUT2D eigenvalue weighted by atomic mass is 10.0. The third kappa shape index (κ3) is 3.41. The fraction of sp³-hybridized carbons (Fsp3) is 0.118. The summed E-state index contributed by atoms with van der Waals surface area (Å²) in [5.74, 6) is -1.63. The highest BCUT2D eigenvalue weighted by Gasteiger charge is 2.48. The molecule has 2 aromatic carbocycles. The van der Waals surface area contributed by atoms with Crippen molar-refractivity contribution >= 4 is 23.8 Å². The first-order valence-electron chi connectivity index (χ1n) is 6.90. The van der Waals surface area contributed by atoms with Crippen LogP contribution in [0.4, 0.5) is 13.2 Å². The van der Waals surface area contributed by atoms with Gasteiger partial charge in [-0.15, -0.1) is 0 Å². The maximum Gasteiger partial charge on any atom is 0.430 e. The quantitative estimate of drug-likeness (QED) is 0.875. The Bertz CT molecular complexity index is 800.